The number of aromatic nitrogens is 3. The molecule has 1 heterocycles. The Balaban J connectivity index is 2.64. The van der Waals surface area contributed by atoms with E-state index in [4.69, 9.17) is 0 Å². The number of hydrogen-bond donors (Lipinski definition) is 1. The van der Waals surface area contributed by atoms with E-state index in [9.17, 15) is 4.79 Å². The van der Waals surface area contributed by atoms with Crippen LogP contribution >= 0.6 is 0 Å². The molecular formula is C10H18N4O. The monoisotopic (exact) mass is 210 g/mol. The van der Waals surface area contributed by atoms with Gasteiger partial charge in [0, 0.05) is 13.1 Å². The minimum Gasteiger partial charge on any atom is -0.336 e. The SMILES string of the molecule is CCCCN(CC)C(=O)c1n[nH]c(C)n1. The molecule has 0 aromatic carbocycles. The van der Waals surface area contributed by atoms with E-state index in [2.05, 4.69) is 22.1 Å². The maximum absolute atomic E-state index is 11.9. The zero-order chi connectivity index (χ0) is 11.3. The van der Waals surface area contributed by atoms with E-state index in [0.29, 0.717) is 12.4 Å². The fraction of sp³-hybridized carbons (Fsp3) is 0.700. The van der Waals surface area contributed by atoms with Crippen molar-refractivity contribution in [2.75, 3.05) is 13.1 Å². The Kier molecular flexibility index (Phi) is 4.27. The molecule has 15 heavy (non-hydrogen) atoms. The molecule has 1 aromatic rings. The van der Waals surface area contributed by atoms with Crippen molar-refractivity contribution in [3.63, 3.8) is 0 Å². The van der Waals surface area contributed by atoms with Gasteiger partial charge in [-0.05, 0) is 20.3 Å². The lowest BCUT2D eigenvalue weighted by atomic mass is 10.3. The van der Waals surface area contributed by atoms with Crippen LogP contribution in [-0.4, -0.2) is 39.1 Å². The van der Waals surface area contributed by atoms with Gasteiger partial charge in [0.2, 0.25) is 5.82 Å². The first-order valence-corrected chi connectivity index (χ1v) is 5.37. The summed E-state index contributed by atoms with van der Waals surface area (Å²) < 4.78 is 0. The molecule has 0 saturated carbocycles. The highest BCUT2D eigenvalue weighted by atomic mass is 16.2. The lowest BCUT2D eigenvalue weighted by Crippen LogP contribution is -2.32. The molecule has 84 valence electrons. The smallest absolute Gasteiger partial charge is 0.293 e. The molecule has 1 N–H and O–H groups in total. The number of nitrogens with zero attached hydrogens (tertiary/aromatic N) is 3. The average molecular weight is 210 g/mol. The molecule has 0 radical (unpaired) electrons. The van der Waals surface area contributed by atoms with Crippen LogP contribution in [-0.2, 0) is 0 Å². The Morgan fingerprint density at radius 2 is 2.20 bits per heavy atom. The molecule has 5 nitrogen and oxygen atoms in total. The van der Waals surface area contributed by atoms with Gasteiger partial charge in [0.15, 0.2) is 0 Å². The molecule has 0 fully saturated rings. The van der Waals surface area contributed by atoms with Gasteiger partial charge in [-0.3, -0.25) is 9.89 Å². The predicted octanol–water partition coefficient (Wildman–Crippen LogP) is 1.38. The molecule has 0 spiro atoms. The summed E-state index contributed by atoms with van der Waals surface area (Å²) in [4.78, 5) is 17.7. The third kappa shape index (κ3) is 3.04. The van der Waals surface area contributed by atoms with Crippen molar-refractivity contribution in [2.45, 2.75) is 33.6 Å². The van der Waals surface area contributed by atoms with Crippen molar-refractivity contribution in [2.24, 2.45) is 0 Å². The Morgan fingerprint density at radius 1 is 1.47 bits per heavy atom. The summed E-state index contributed by atoms with van der Waals surface area (Å²) in [5, 5.41) is 6.54. The van der Waals surface area contributed by atoms with Crippen LogP contribution in [0.25, 0.3) is 0 Å². The molecular weight excluding hydrogens is 192 g/mol. The standard InChI is InChI=1S/C10H18N4O/c1-4-6-7-14(5-2)10(15)9-11-8(3)12-13-9/h4-7H2,1-3H3,(H,11,12,13). The summed E-state index contributed by atoms with van der Waals surface area (Å²) in [5.41, 5.74) is 0. The number of nitrogens with one attached hydrogen (secondary N) is 1. The molecule has 0 aliphatic rings. The number of rotatable bonds is 5. The van der Waals surface area contributed by atoms with Crippen molar-refractivity contribution in [3.8, 4) is 0 Å². The van der Waals surface area contributed by atoms with Crippen LogP contribution in [0.3, 0.4) is 0 Å². The van der Waals surface area contributed by atoms with Crippen molar-refractivity contribution in [3.05, 3.63) is 11.6 Å². The Bertz CT molecular complexity index is 321. The van der Waals surface area contributed by atoms with Gasteiger partial charge in [0.05, 0.1) is 0 Å². The number of H-pyrrole nitrogens is 1. The van der Waals surface area contributed by atoms with Gasteiger partial charge in [-0.25, -0.2) is 4.98 Å². The topological polar surface area (TPSA) is 61.9 Å². The van der Waals surface area contributed by atoms with Gasteiger partial charge in [0.1, 0.15) is 5.82 Å². The lowest BCUT2D eigenvalue weighted by molar-refractivity contribution is 0.0750. The number of carbonyl (C=O) groups excluding carboxylic acids is 1. The second-order valence-corrected chi connectivity index (χ2v) is 3.48. The summed E-state index contributed by atoms with van der Waals surface area (Å²) in [5.74, 6) is 0.852. The number of aryl methyl sites for hydroxylation is 1. The van der Waals surface area contributed by atoms with Gasteiger partial charge >= 0.3 is 0 Å². The van der Waals surface area contributed by atoms with Gasteiger partial charge < -0.3 is 4.90 Å². The minimum atomic E-state index is -0.0877. The fourth-order valence-electron chi connectivity index (χ4n) is 1.33. The minimum absolute atomic E-state index is 0.0877. The van der Waals surface area contributed by atoms with E-state index >= 15 is 0 Å². The van der Waals surface area contributed by atoms with Crippen LogP contribution in [0.1, 0.15) is 43.1 Å². The molecule has 1 amide bonds. The Labute approximate surface area is 89.9 Å². The summed E-state index contributed by atoms with van der Waals surface area (Å²) >= 11 is 0. The van der Waals surface area contributed by atoms with Crippen molar-refractivity contribution in [1.29, 1.82) is 0 Å². The average Bonchev–Trinajstić information content (AvgIpc) is 2.65. The van der Waals surface area contributed by atoms with Crippen LogP contribution in [0.2, 0.25) is 0 Å². The zero-order valence-electron chi connectivity index (χ0n) is 9.58. The lowest BCUT2D eigenvalue weighted by Gasteiger charge is -2.18. The molecule has 5 heteroatoms. The van der Waals surface area contributed by atoms with E-state index in [1.165, 1.54) is 0 Å². The maximum Gasteiger partial charge on any atom is 0.293 e. The second-order valence-electron chi connectivity index (χ2n) is 3.48. The van der Waals surface area contributed by atoms with E-state index in [1.54, 1.807) is 11.8 Å². The molecule has 1 rings (SSSR count). The number of hydrogen-bond acceptors (Lipinski definition) is 3. The van der Waals surface area contributed by atoms with Crippen LogP contribution in [0, 0.1) is 6.92 Å². The normalized spacial score (nSPS) is 10.3. The molecule has 0 atom stereocenters. The van der Waals surface area contributed by atoms with Gasteiger partial charge in [0.25, 0.3) is 5.91 Å². The Morgan fingerprint density at radius 3 is 2.67 bits per heavy atom. The number of aromatic amines is 1. The fourth-order valence-corrected chi connectivity index (χ4v) is 1.33. The zero-order valence-corrected chi connectivity index (χ0v) is 9.58. The van der Waals surface area contributed by atoms with Gasteiger partial charge in [-0.2, -0.15) is 0 Å². The van der Waals surface area contributed by atoms with E-state index in [0.717, 1.165) is 19.4 Å². The number of amides is 1. The highest BCUT2D eigenvalue weighted by Gasteiger charge is 2.17. The Hall–Kier alpha value is -1.39. The van der Waals surface area contributed by atoms with Crippen molar-refractivity contribution in [1.82, 2.24) is 20.1 Å². The van der Waals surface area contributed by atoms with E-state index < -0.39 is 0 Å². The number of carbonyl (C=O) groups is 1. The van der Waals surface area contributed by atoms with Crippen LogP contribution in [0.15, 0.2) is 0 Å². The molecule has 0 aliphatic carbocycles. The largest absolute Gasteiger partial charge is 0.336 e. The maximum atomic E-state index is 11.9. The molecule has 0 unspecified atom stereocenters. The first kappa shape index (κ1) is 11.7. The molecule has 1 aromatic heterocycles. The van der Waals surface area contributed by atoms with Crippen molar-refractivity contribution < 1.29 is 4.79 Å². The van der Waals surface area contributed by atoms with E-state index in [-0.39, 0.29) is 11.7 Å². The second kappa shape index (κ2) is 5.48. The molecule has 0 saturated heterocycles. The van der Waals surface area contributed by atoms with Gasteiger partial charge in [-0.1, -0.05) is 13.3 Å². The highest BCUT2D eigenvalue weighted by Crippen LogP contribution is 2.01. The summed E-state index contributed by atoms with van der Waals surface area (Å²) in [6, 6.07) is 0. The third-order valence-corrected chi connectivity index (χ3v) is 2.24. The summed E-state index contributed by atoms with van der Waals surface area (Å²) in [6.07, 6.45) is 2.10. The van der Waals surface area contributed by atoms with Crippen LogP contribution < -0.4 is 0 Å². The first-order valence-electron chi connectivity index (χ1n) is 5.37. The summed E-state index contributed by atoms with van der Waals surface area (Å²) in [7, 11) is 0. The van der Waals surface area contributed by atoms with Crippen LogP contribution in [0.5, 0.6) is 0 Å². The van der Waals surface area contributed by atoms with Crippen molar-refractivity contribution >= 4 is 5.91 Å². The van der Waals surface area contributed by atoms with Gasteiger partial charge in [-0.15, -0.1) is 5.10 Å². The number of unbranched alkanes of at least 4 members (excludes halogenated alkanes) is 1. The molecule has 0 bridgehead atoms. The van der Waals surface area contributed by atoms with Crippen LogP contribution in [0.4, 0.5) is 0 Å². The van der Waals surface area contributed by atoms with E-state index in [1.807, 2.05) is 6.92 Å². The summed E-state index contributed by atoms with van der Waals surface area (Å²) in [6.45, 7) is 7.33. The quantitative estimate of drug-likeness (QED) is 0.798. The first-order chi connectivity index (χ1) is 7.19. The highest BCUT2D eigenvalue weighted by molar-refractivity contribution is 5.90. The third-order valence-electron chi connectivity index (χ3n) is 2.24. The molecule has 0 aliphatic heterocycles. The predicted molar refractivity (Wildman–Crippen MR) is 57.6 cm³/mol.